The van der Waals surface area contributed by atoms with Crippen LogP contribution in [-0.4, -0.2) is 34.3 Å². The van der Waals surface area contributed by atoms with E-state index in [2.05, 4.69) is 15.7 Å². The fourth-order valence-corrected chi connectivity index (χ4v) is 3.23. The Kier molecular flexibility index (Phi) is 5.67. The third-order valence-electron chi connectivity index (χ3n) is 4.75. The Morgan fingerprint density at radius 2 is 1.62 bits per heavy atom. The minimum absolute atomic E-state index is 0.188. The predicted molar refractivity (Wildman–Crippen MR) is 110 cm³/mol. The Morgan fingerprint density at radius 1 is 0.966 bits per heavy atom. The fraction of sp³-hybridized carbons (Fsp3) is 0.227. The number of carbonyl (C=O) groups excluding carboxylic acids is 2. The normalized spacial score (nSPS) is 15.8. The van der Waals surface area contributed by atoms with Gasteiger partial charge >= 0.3 is 0 Å². The van der Waals surface area contributed by atoms with E-state index in [0.29, 0.717) is 23.4 Å². The van der Waals surface area contributed by atoms with Crippen molar-refractivity contribution in [3.8, 4) is 0 Å². The third kappa shape index (κ3) is 4.89. The molecule has 1 aliphatic rings. The maximum atomic E-state index is 12.5. The average Bonchev–Trinajstić information content (AvgIpc) is 3.41. The van der Waals surface area contributed by atoms with Gasteiger partial charge in [0.15, 0.2) is 0 Å². The summed E-state index contributed by atoms with van der Waals surface area (Å²) >= 11 is 0. The number of benzene rings is 2. The molecule has 2 N–H and O–H groups in total. The number of carbonyl (C=O) groups is 2. The van der Waals surface area contributed by atoms with E-state index < -0.39 is 0 Å². The topological polar surface area (TPSA) is 85.3 Å². The lowest BCUT2D eigenvalue weighted by atomic mass is 10.1. The second-order valence-corrected chi connectivity index (χ2v) is 6.94. The second kappa shape index (κ2) is 8.70. The van der Waals surface area contributed by atoms with Crippen molar-refractivity contribution in [3.05, 3.63) is 78.1 Å². The minimum atomic E-state index is -0.253. The van der Waals surface area contributed by atoms with Crippen LogP contribution in [0.4, 0.5) is 11.4 Å². The summed E-state index contributed by atoms with van der Waals surface area (Å²) in [4.78, 5) is 24.8. The molecule has 0 spiro atoms. The molecule has 0 bridgehead atoms. The molecule has 3 aromatic rings. The molecule has 2 aromatic carbocycles. The highest BCUT2D eigenvalue weighted by atomic mass is 16.5. The van der Waals surface area contributed by atoms with Gasteiger partial charge in [0, 0.05) is 29.6 Å². The molecule has 1 aliphatic heterocycles. The van der Waals surface area contributed by atoms with Gasteiger partial charge in [-0.1, -0.05) is 18.2 Å². The van der Waals surface area contributed by atoms with E-state index in [1.54, 1.807) is 41.3 Å². The average molecular weight is 390 g/mol. The van der Waals surface area contributed by atoms with Crippen LogP contribution >= 0.6 is 0 Å². The van der Waals surface area contributed by atoms with Crippen molar-refractivity contribution < 1.29 is 14.3 Å². The van der Waals surface area contributed by atoms with Gasteiger partial charge in [-0.15, -0.1) is 0 Å². The van der Waals surface area contributed by atoms with Gasteiger partial charge in [-0.3, -0.25) is 14.3 Å². The van der Waals surface area contributed by atoms with Crippen molar-refractivity contribution in [2.24, 2.45) is 0 Å². The van der Waals surface area contributed by atoms with Crippen LogP contribution in [0, 0.1) is 0 Å². The van der Waals surface area contributed by atoms with Gasteiger partial charge in [0.1, 0.15) is 0 Å². The maximum Gasteiger partial charge on any atom is 0.255 e. The van der Waals surface area contributed by atoms with Crippen molar-refractivity contribution in [2.75, 3.05) is 17.2 Å². The fourth-order valence-electron chi connectivity index (χ4n) is 3.23. The molecular weight excluding hydrogens is 368 g/mol. The molecule has 0 aliphatic carbocycles. The van der Waals surface area contributed by atoms with Gasteiger partial charge in [0.2, 0.25) is 0 Å². The van der Waals surface area contributed by atoms with E-state index in [-0.39, 0.29) is 17.9 Å². The number of anilines is 2. The molecule has 148 valence electrons. The van der Waals surface area contributed by atoms with Gasteiger partial charge in [-0.25, -0.2) is 0 Å². The van der Waals surface area contributed by atoms with E-state index >= 15 is 0 Å². The number of para-hydroxylation sites is 1. The van der Waals surface area contributed by atoms with Crippen molar-refractivity contribution in [2.45, 2.75) is 25.5 Å². The number of hydrogen-bond donors (Lipinski definition) is 2. The Morgan fingerprint density at radius 3 is 2.24 bits per heavy atom. The molecule has 1 saturated heterocycles. The first-order valence-corrected chi connectivity index (χ1v) is 9.59. The van der Waals surface area contributed by atoms with Crippen LogP contribution in [0.25, 0.3) is 0 Å². The standard InChI is InChI=1S/C22H22N4O3/c27-21(24-18-5-2-1-3-6-18)16-8-10-17(11-9-16)22(28)25-19-13-23-26(14-19)15-20-7-4-12-29-20/h1-3,5-6,8-11,13-14,20H,4,7,12,15H2,(H,24,27)(H,25,28). The molecule has 2 heterocycles. The van der Waals surface area contributed by atoms with E-state index in [1.807, 2.05) is 30.3 Å². The summed E-state index contributed by atoms with van der Waals surface area (Å²) in [6.45, 7) is 1.48. The molecule has 1 atom stereocenters. The van der Waals surface area contributed by atoms with Gasteiger partial charge in [-0.05, 0) is 49.2 Å². The van der Waals surface area contributed by atoms with Crippen molar-refractivity contribution >= 4 is 23.2 Å². The number of nitrogens with one attached hydrogen (secondary N) is 2. The van der Waals surface area contributed by atoms with Crippen LogP contribution in [0.15, 0.2) is 67.0 Å². The summed E-state index contributed by atoms with van der Waals surface area (Å²) in [5.74, 6) is -0.477. The summed E-state index contributed by atoms with van der Waals surface area (Å²) in [5.41, 5.74) is 2.29. The molecule has 1 fully saturated rings. The molecule has 7 nitrogen and oxygen atoms in total. The molecule has 0 saturated carbocycles. The molecule has 2 amide bonds. The molecule has 1 unspecified atom stereocenters. The Labute approximate surface area is 168 Å². The molecule has 4 rings (SSSR count). The highest BCUT2D eigenvalue weighted by Crippen LogP contribution is 2.16. The van der Waals surface area contributed by atoms with Crippen LogP contribution in [0.1, 0.15) is 33.6 Å². The molecule has 0 radical (unpaired) electrons. The van der Waals surface area contributed by atoms with E-state index in [9.17, 15) is 9.59 Å². The third-order valence-corrected chi connectivity index (χ3v) is 4.75. The lowest BCUT2D eigenvalue weighted by molar-refractivity contribution is 0.0940. The Bertz CT molecular complexity index is 977. The second-order valence-electron chi connectivity index (χ2n) is 6.94. The summed E-state index contributed by atoms with van der Waals surface area (Å²) in [6.07, 6.45) is 5.71. The summed E-state index contributed by atoms with van der Waals surface area (Å²) in [6, 6.07) is 15.8. The Balaban J connectivity index is 1.34. The van der Waals surface area contributed by atoms with Crippen LogP contribution in [0.5, 0.6) is 0 Å². The maximum absolute atomic E-state index is 12.5. The van der Waals surface area contributed by atoms with Crippen LogP contribution < -0.4 is 10.6 Å². The first kappa shape index (κ1) is 18.9. The van der Waals surface area contributed by atoms with Crippen LogP contribution in [0.2, 0.25) is 0 Å². The lowest BCUT2D eigenvalue weighted by Crippen LogP contribution is -2.15. The zero-order valence-electron chi connectivity index (χ0n) is 15.9. The van der Waals surface area contributed by atoms with Crippen molar-refractivity contribution in [1.29, 1.82) is 0 Å². The highest BCUT2D eigenvalue weighted by molar-refractivity contribution is 6.07. The summed E-state index contributed by atoms with van der Waals surface area (Å²) in [5, 5.41) is 9.92. The van der Waals surface area contributed by atoms with Crippen LogP contribution in [0.3, 0.4) is 0 Å². The zero-order valence-corrected chi connectivity index (χ0v) is 15.9. The number of ether oxygens (including phenoxy) is 1. The first-order valence-electron chi connectivity index (χ1n) is 9.59. The quantitative estimate of drug-likeness (QED) is 0.674. The molecule has 7 heteroatoms. The monoisotopic (exact) mass is 390 g/mol. The predicted octanol–water partition coefficient (Wildman–Crippen LogP) is 3.57. The highest BCUT2D eigenvalue weighted by Gasteiger charge is 2.17. The molecule has 29 heavy (non-hydrogen) atoms. The minimum Gasteiger partial charge on any atom is -0.376 e. The number of aromatic nitrogens is 2. The van der Waals surface area contributed by atoms with Gasteiger partial charge in [0.05, 0.1) is 24.5 Å². The van der Waals surface area contributed by atoms with Gasteiger partial charge in [-0.2, -0.15) is 5.10 Å². The number of nitrogens with zero attached hydrogens (tertiary/aromatic N) is 2. The zero-order chi connectivity index (χ0) is 20.1. The van der Waals surface area contributed by atoms with E-state index in [4.69, 9.17) is 4.74 Å². The van der Waals surface area contributed by atoms with Gasteiger partial charge in [0.25, 0.3) is 11.8 Å². The van der Waals surface area contributed by atoms with Crippen molar-refractivity contribution in [1.82, 2.24) is 9.78 Å². The van der Waals surface area contributed by atoms with Crippen molar-refractivity contribution in [3.63, 3.8) is 0 Å². The van der Waals surface area contributed by atoms with Gasteiger partial charge < -0.3 is 15.4 Å². The largest absolute Gasteiger partial charge is 0.376 e. The smallest absolute Gasteiger partial charge is 0.255 e. The number of rotatable bonds is 6. The Hall–Kier alpha value is -3.45. The summed E-state index contributed by atoms with van der Waals surface area (Å²) < 4.78 is 7.38. The summed E-state index contributed by atoms with van der Waals surface area (Å²) in [7, 11) is 0. The molecule has 1 aromatic heterocycles. The van der Waals surface area contributed by atoms with Crippen LogP contribution in [-0.2, 0) is 11.3 Å². The lowest BCUT2D eigenvalue weighted by Gasteiger charge is -2.08. The van der Waals surface area contributed by atoms with E-state index in [1.165, 1.54) is 0 Å². The molecular formula is C22H22N4O3. The first-order chi connectivity index (χ1) is 14.2. The number of amides is 2. The number of hydrogen-bond acceptors (Lipinski definition) is 4. The SMILES string of the molecule is O=C(Nc1ccccc1)c1ccc(C(=O)Nc2cnn(CC3CCCO3)c2)cc1. The van der Waals surface area contributed by atoms with E-state index in [0.717, 1.165) is 25.1 Å².